The summed E-state index contributed by atoms with van der Waals surface area (Å²) >= 11 is 3.05. The number of aryl methyl sites for hydroxylation is 1. The van der Waals surface area contributed by atoms with Crippen molar-refractivity contribution in [2.24, 2.45) is 5.73 Å². The van der Waals surface area contributed by atoms with Crippen LogP contribution < -0.4 is 5.73 Å². The van der Waals surface area contributed by atoms with E-state index in [1.165, 1.54) is 0 Å². The largest absolute Gasteiger partial charge is 0.326 e. The van der Waals surface area contributed by atoms with Crippen LogP contribution in [0, 0.1) is 6.92 Å². The summed E-state index contributed by atoms with van der Waals surface area (Å²) in [6.45, 7) is 1.89. The quantitative estimate of drug-likeness (QED) is 0.877. The van der Waals surface area contributed by atoms with Crippen LogP contribution in [0.15, 0.2) is 10.5 Å². The summed E-state index contributed by atoms with van der Waals surface area (Å²) in [5, 5.41) is 0. The van der Waals surface area contributed by atoms with E-state index in [9.17, 15) is 8.78 Å². The van der Waals surface area contributed by atoms with Crippen LogP contribution in [0.25, 0.3) is 0 Å². The van der Waals surface area contributed by atoms with Gasteiger partial charge in [-0.3, -0.25) is 4.98 Å². The molecule has 0 aliphatic carbocycles. The van der Waals surface area contributed by atoms with E-state index < -0.39 is 6.43 Å². The molecule has 0 bridgehead atoms. The van der Waals surface area contributed by atoms with Crippen molar-refractivity contribution in [3.05, 3.63) is 27.5 Å². The van der Waals surface area contributed by atoms with E-state index >= 15 is 0 Å². The molecule has 0 aliphatic rings. The summed E-state index contributed by atoms with van der Waals surface area (Å²) < 4.78 is 25.1. The predicted molar refractivity (Wildman–Crippen MR) is 49.5 cm³/mol. The van der Waals surface area contributed by atoms with Gasteiger partial charge in [-0.25, -0.2) is 8.78 Å². The maximum absolute atomic E-state index is 12.4. The maximum atomic E-state index is 12.4. The lowest BCUT2D eigenvalue weighted by atomic mass is 10.2. The molecule has 0 saturated heterocycles. The Morgan fingerprint density at radius 2 is 2.23 bits per heavy atom. The molecule has 5 heteroatoms. The van der Waals surface area contributed by atoms with Crippen LogP contribution in [0.5, 0.6) is 0 Å². The fourth-order valence-electron chi connectivity index (χ4n) is 1.04. The lowest BCUT2D eigenvalue weighted by molar-refractivity contribution is 0.145. The van der Waals surface area contributed by atoms with Crippen molar-refractivity contribution in [3.8, 4) is 0 Å². The van der Waals surface area contributed by atoms with Gasteiger partial charge in [0, 0.05) is 16.7 Å². The van der Waals surface area contributed by atoms with E-state index in [0.29, 0.717) is 15.7 Å². The van der Waals surface area contributed by atoms with E-state index in [1.54, 1.807) is 13.0 Å². The van der Waals surface area contributed by atoms with Gasteiger partial charge in [-0.05, 0) is 34.5 Å². The lowest BCUT2D eigenvalue weighted by Crippen LogP contribution is -2.03. The number of hydrogen-bond donors (Lipinski definition) is 1. The number of nitrogens with two attached hydrogens (primary N) is 1. The predicted octanol–water partition coefficient (Wildman–Crippen LogP) is 2.55. The highest BCUT2D eigenvalue weighted by Crippen LogP contribution is 2.28. The van der Waals surface area contributed by atoms with E-state index in [1.807, 2.05) is 0 Å². The van der Waals surface area contributed by atoms with Gasteiger partial charge in [0.1, 0.15) is 5.69 Å². The fraction of sp³-hybridized carbons (Fsp3) is 0.375. The third kappa shape index (κ3) is 2.22. The van der Waals surface area contributed by atoms with Crippen LogP contribution in [-0.4, -0.2) is 4.98 Å². The number of nitrogens with zero attached hydrogens (tertiary/aromatic N) is 1. The van der Waals surface area contributed by atoms with E-state index in [2.05, 4.69) is 20.9 Å². The van der Waals surface area contributed by atoms with Gasteiger partial charge in [0.05, 0.1) is 0 Å². The highest BCUT2D eigenvalue weighted by molar-refractivity contribution is 9.10. The first-order valence-corrected chi connectivity index (χ1v) is 4.49. The van der Waals surface area contributed by atoms with Gasteiger partial charge in [0.2, 0.25) is 0 Å². The minimum absolute atomic E-state index is 0.226. The molecular formula is C8H9BrF2N2. The first-order valence-electron chi connectivity index (χ1n) is 3.70. The molecule has 13 heavy (non-hydrogen) atoms. The van der Waals surface area contributed by atoms with Crippen LogP contribution in [0.4, 0.5) is 8.78 Å². The zero-order chi connectivity index (χ0) is 10.0. The molecule has 0 unspecified atom stereocenters. The first kappa shape index (κ1) is 10.5. The van der Waals surface area contributed by atoms with E-state index in [-0.39, 0.29) is 12.2 Å². The third-order valence-corrected chi connectivity index (χ3v) is 2.53. The van der Waals surface area contributed by atoms with Gasteiger partial charge in [-0.1, -0.05) is 0 Å². The number of rotatable bonds is 2. The van der Waals surface area contributed by atoms with Gasteiger partial charge in [-0.15, -0.1) is 0 Å². The molecule has 2 nitrogen and oxygen atoms in total. The standard InChI is InChI=1S/C8H9BrF2N2/c1-4-2-5(3-12)6(9)7(13-4)8(10)11/h2,8H,3,12H2,1H3. The van der Waals surface area contributed by atoms with E-state index in [4.69, 9.17) is 5.73 Å². The summed E-state index contributed by atoms with van der Waals surface area (Å²) in [6, 6.07) is 1.69. The zero-order valence-electron chi connectivity index (χ0n) is 7.02. The van der Waals surface area contributed by atoms with Crippen LogP contribution in [-0.2, 0) is 6.54 Å². The van der Waals surface area contributed by atoms with Crippen molar-refractivity contribution in [2.45, 2.75) is 19.9 Å². The molecule has 0 radical (unpaired) electrons. The molecule has 72 valence electrons. The number of hydrogen-bond acceptors (Lipinski definition) is 2. The average molecular weight is 251 g/mol. The van der Waals surface area contributed by atoms with Gasteiger partial charge in [-0.2, -0.15) is 0 Å². The molecule has 0 fully saturated rings. The Morgan fingerprint density at radius 1 is 1.62 bits per heavy atom. The smallest absolute Gasteiger partial charge is 0.281 e. The Bertz CT molecular complexity index is 315. The lowest BCUT2D eigenvalue weighted by Gasteiger charge is -2.08. The second-order valence-electron chi connectivity index (χ2n) is 2.63. The molecule has 1 aromatic heterocycles. The molecule has 2 N–H and O–H groups in total. The van der Waals surface area contributed by atoms with E-state index in [0.717, 1.165) is 0 Å². The summed E-state index contributed by atoms with van der Waals surface area (Å²) in [5.74, 6) is 0. The molecule has 1 rings (SSSR count). The normalized spacial score (nSPS) is 10.9. The Balaban J connectivity index is 3.27. The number of aromatic nitrogens is 1. The number of halogens is 3. The zero-order valence-corrected chi connectivity index (χ0v) is 8.61. The molecule has 0 aromatic carbocycles. The molecule has 0 saturated carbocycles. The summed E-state index contributed by atoms with van der Waals surface area (Å²) in [4.78, 5) is 3.73. The van der Waals surface area contributed by atoms with Crippen LogP contribution in [0.3, 0.4) is 0 Å². The molecule has 0 amide bonds. The van der Waals surface area contributed by atoms with Gasteiger partial charge in [0.25, 0.3) is 6.43 Å². The van der Waals surface area contributed by atoms with Crippen LogP contribution in [0.2, 0.25) is 0 Å². The highest BCUT2D eigenvalue weighted by Gasteiger charge is 2.16. The third-order valence-electron chi connectivity index (χ3n) is 1.61. The monoisotopic (exact) mass is 250 g/mol. The average Bonchev–Trinajstić information content (AvgIpc) is 2.08. The van der Waals surface area contributed by atoms with Gasteiger partial charge >= 0.3 is 0 Å². The Labute approximate surface area is 83.3 Å². The highest BCUT2D eigenvalue weighted by atomic mass is 79.9. The molecule has 1 aromatic rings. The van der Waals surface area contributed by atoms with Crippen molar-refractivity contribution >= 4 is 15.9 Å². The second kappa shape index (κ2) is 4.11. The number of pyridine rings is 1. The van der Waals surface area contributed by atoms with Crippen molar-refractivity contribution in [2.75, 3.05) is 0 Å². The summed E-state index contributed by atoms with van der Waals surface area (Å²) in [6.07, 6.45) is -2.57. The van der Waals surface area contributed by atoms with Crippen molar-refractivity contribution in [1.82, 2.24) is 4.98 Å². The minimum atomic E-state index is -2.57. The molecular weight excluding hydrogens is 242 g/mol. The van der Waals surface area contributed by atoms with Gasteiger partial charge in [0.15, 0.2) is 0 Å². The van der Waals surface area contributed by atoms with Gasteiger partial charge < -0.3 is 5.73 Å². The molecule has 0 spiro atoms. The Hall–Kier alpha value is -0.550. The topological polar surface area (TPSA) is 38.9 Å². The van der Waals surface area contributed by atoms with Crippen molar-refractivity contribution in [1.29, 1.82) is 0 Å². The second-order valence-corrected chi connectivity index (χ2v) is 3.42. The number of alkyl halides is 2. The van der Waals surface area contributed by atoms with Crippen molar-refractivity contribution in [3.63, 3.8) is 0 Å². The van der Waals surface area contributed by atoms with Crippen LogP contribution in [0.1, 0.15) is 23.4 Å². The van der Waals surface area contributed by atoms with Crippen molar-refractivity contribution < 1.29 is 8.78 Å². The van der Waals surface area contributed by atoms with Crippen LogP contribution >= 0.6 is 15.9 Å². The molecule has 0 atom stereocenters. The minimum Gasteiger partial charge on any atom is -0.326 e. The summed E-state index contributed by atoms with van der Waals surface area (Å²) in [7, 11) is 0. The Morgan fingerprint density at radius 3 is 2.69 bits per heavy atom. The molecule has 1 heterocycles. The Kier molecular flexibility index (Phi) is 3.33. The SMILES string of the molecule is Cc1cc(CN)c(Br)c(C(F)F)n1. The fourth-order valence-corrected chi connectivity index (χ4v) is 1.58. The maximum Gasteiger partial charge on any atom is 0.281 e. The molecule has 0 aliphatic heterocycles. The first-order chi connectivity index (χ1) is 6.06. The summed E-state index contributed by atoms with van der Waals surface area (Å²) in [5.41, 5.74) is 6.36.